The average molecular weight is 617 g/mol. The summed E-state index contributed by atoms with van der Waals surface area (Å²) in [5.41, 5.74) is 3.36. The highest BCUT2D eigenvalue weighted by Gasteiger charge is 2.44. The van der Waals surface area contributed by atoms with E-state index in [0.29, 0.717) is 23.6 Å². The fraction of sp³-hybridized carbons (Fsp3) is 0.308. The molecule has 232 valence electrons. The van der Waals surface area contributed by atoms with E-state index in [-0.39, 0.29) is 11.1 Å². The second kappa shape index (κ2) is 11.8. The minimum absolute atomic E-state index is 0.0791. The number of nitrogens with one attached hydrogen (secondary N) is 1. The molecule has 0 saturated carbocycles. The Kier molecular flexibility index (Phi) is 8.10. The van der Waals surface area contributed by atoms with Gasteiger partial charge in [0, 0.05) is 17.5 Å². The van der Waals surface area contributed by atoms with Crippen molar-refractivity contribution in [3.8, 4) is 5.75 Å². The number of fused-ring (bicyclic) bond motifs is 1. The molecule has 5 aromatic rings. The fourth-order valence-corrected chi connectivity index (χ4v) is 7.62. The molecule has 2 N–H and O–H groups in total. The molecule has 0 bridgehead atoms. The Labute approximate surface area is 268 Å². The third-order valence-electron chi connectivity index (χ3n) is 9.86. The van der Waals surface area contributed by atoms with Crippen LogP contribution < -0.4 is 4.74 Å². The first-order valence-corrected chi connectivity index (χ1v) is 18.8. The molecule has 2 unspecified atom stereocenters. The van der Waals surface area contributed by atoms with Crippen LogP contribution in [0.25, 0.3) is 0 Å². The lowest BCUT2D eigenvalue weighted by molar-refractivity contribution is 0.0844. The highest BCUT2D eigenvalue weighted by Crippen LogP contribution is 2.48. The summed E-state index contributed by atoms with van der Waals surface area (Å²) in [5, 5.41) is 12.5. The normalized spacial score (nSPS) is 16.8. The van der Waals surface area contributed by atoms with Gasteiger partial charge in [-0.15, -0.1) is 0 Å². The molecule has 4 aromatic carbocycles. The molecule has 2 heterocycles. The van der Waals surface area contributed by atoms with Crippen LogP contribution in [0.4, 0.5) is 0 Å². The fourth-order valence-electron chi connectivity index (χ4n) is 6.31. The van der Waals surface area contributed by atoms with E-state index in [1.54, 1.807) is 6.20 Å². The van der Waals surface area contributed by atoms with Gasteiger partial charge in [-0.2, -0.15) is 0 Å². The summed E-state index contributed by atoms with van der Waals surface area (Å²) in [6, 6.07) is 37.3. The van der Waals surface area contributed by atoms with E-state index in [2.05, 4.69) is 118 Å². The van der Waals surface area contributed by atoms with Crippen LogP contribution in [-0.2, 0) is 15.4 Å². The maximum absolute atomic E-state index is 12.4. The second-order valence-corrected chi connectivity index (χ2v) is 18.5. The number of imidazole rings is 1. The number of aromatic amines is 1. The molecule has 1 aromatic heterocycles. The Hall–Kier alpha value is -3.97. The van der Waals surface area contributed by atoms with Crippen molar-refractivity contribution in [1.29, 1.82) is 0 Å². The minimum atomic E-state index is -2.04. The first-order valence-electron chi connectivity index (χ1n) is 15.8. The van der Waals surface area contributed by atoms with Gasteiger partial charge in [0.1, 0.15) is 22.6 Å². The average Bonchev–Trinajstić information content (AvgIpc) is 3.54. The summed E-state index contributed by atoms with van der Waals surface area (Å²) in [6.45, 7) is 13.7. The lowest BCUT2D eigenvalue weighted by Crippen LogP contribution is -2.42. The molecule has 6 heteroatoms. The molecule has 0 saturated heterocycles. The van der Waals surface area contributed by atoms with Gasteiger partial charge >= 0.3 is 0 Å². The third-order valence-corrected chi connectivity index (χ3v) is 14.3. The standard InChI is InChI=1S/C39H44N2O3Si/c1-37(2,3)45(5,6)44-33-25-26-43-35-31(33)23-16-24-32(35)38(4,42)34-27-40-36(41-34)39(28-17-10-7-11-18-28,29-19-12-8-13-20-29)30-21-14-9-15-22-30/h7-24,27,33,42H,25-26H2,1-6H3,(H,40,41). The first kappa shape index (κ1) is 31.0. The van der Waals surface area contributed by atoms with Crippen LogP contribution in [0.1, 0.15) is 79.6 Å². The van der Waals surface area contributed by atoms with E-state index in [9.17, 15) is 5.11 Å². The Morgan fingerprint density at radius 3 is 1.82 bits per heavy atom. The molecule has 0 radical (unpaired) electrons. The smallest absolute Gasteiger partial charge is 0.192 e. The molecule has 0 aliphatic carbocycles. The Morgan fingerprint density at radius 2 is 1.31 bits per heavy atom. The number of aliphatic hydroxyl groups is 1. The second-order valence-electron chi connectivity index (χ2n) is 13.8. The third kappa shape index (κ3) is 5.45. The monoisotopic (exact) mass is 616 g/mol. The van der Waals surface area contributed by atoms with E-state index in [4.69, 9.17) is 14.1 Å². The molecule has 2 atom stereocenters. The zero-order valence-electron chi connectivity index (χ0n) is 27.2. The summed E-state index contributed by atoms with van der Waals surface area (Å²) in [7, 11) is -2.04. The van der Waals surface area contributed by atoms with E-state index in [0.717, 1.165) is 34.5 Å². The molecule has 5 nitrogen and oxygen atoms in total. The van der Waals surface area contributed by atoms with Crippen molar-refractivity contribution < 1.29 is 14.3 Å². The highest BCUT2D eigenvalue weighted by atomic mass is 28.4. The Balaban J connectivity index is 1.48. The summed E-state index contributed by atoms with van der Waals surface area (Å²) < 4.78 is 13.2. The topological polar surface area (TPSA) is 67.4 Å². The summed E-state index contributed by atoms with van der Waals surface area (Å²) >= 11 is 0. The first-order chi connectivity index (χ1) is 21.5. The lowest BCUT2D eigenvalue weighted by Gasteiger charge is -2.41. The SMILES string of the molecule is CC(O)(c1cnc(C(c2ccccc2)(c2ccccc2)c2ccccc2)[nH]1)c1cccc2c1OCCC2O[Si](C)(C)C(C)(C)C. The van der Waals surface area contributed by atoms with Gasteiger partial charge in [0.2, 0.25) is 0 Å². The van der Waals surface area contributed by atoms with Crippen molar-refractivity contribution in [3.05, 3.63) is 155 Å². The number of benzene rings is 4. The Bertz CT molecular complexity index is 1650. The maximum atomic E-state index is 12.4. The predicted octanol–water partition coefficient (Wildman–Crippen LogP) is 8.89. The van der Waals surface area contributed by atoms with Crippen molar-refractivity contribution >= 4 is 8.32 Å². The lowest BCUT2D eigenvalue weighted by atomic mass is 9.69. The molecule has 1 aliphatic heterocycles. The molecule has 0 spiro atoms. The summed E-state index contributed by atoms with van der Waals surface area (Å²) in [6.07, 6.45) is 2.47. The van der Waals surface area contributed by atoms with Gasteiger partial charge < -0.3 is 19.3 Å². The van der Waals surface area contributed by atoms with E-state index >= 15 is 0 Å². The predicted molar refractivity (Wildman–Crippen MR) is 183 cm³/mol. The number of aromatic nitrogens is 2. The van der Waals surface area contributed by atoms with Crippen LogP contribution in [0.5, 0.6) is 5.75 Å². The molecule has 0 fully saturated rings. The van der Waals surface area contributed by atoms with Crippen molar-refractivity contribution in [1.82, 2.24) is 9.97 Å². The molecular formula is C39H44N2O3Si. The molecule has 45 heavy (non-hydrogen) atoms. The van der Waals surface area contributed by atoms with Crippen LogP contribution in [0.15, 0.2) is 115 Å². The van der Waals surface area contributed by atoms with Gasteiger partial charge in [0.25, 0.3) is 0 Å². The van der Waals surface area contributed by atoms with Crippen LogP contribution >= 0.6 is 0 Å². The van der Waals surface area contributed by atoms with Crippen LogP contribution in [0.3, 0.4) is 0 Å². The van der Waals surface area contributed by atoms with Gasteiger partial charge in [-0.1, -0.05) is 130 Å². The van der Waals surface area contributed by atoms with Gasteiger partial charge in [-0.05, 0) is 41.7 Å². The van der Waals surface area contributed by atoms with E-state index < -0.39 is 19.3 Å². The number of ether oxygens (including phenoxy) is 1. The van der Waals surface area contributed by atoms with Crippen molar-refractivity contribution in [2.45, 2.75) is 69.4 Å². The van der Waals surface area contributed by atoms with Crippen molar-refractivity contribution in [3.63, 3.8) is 0 Å². The largest absolute Gasteiger partial charge is 0.493 e. The van der Waals surface area contributed by atoms with Crippen LogP contribution in [0, 0.1) is 0 Å². The van der Waals surface area contributed by atoms with Crippen molar-refractivity contribution in [2.24, 2.45) is 0 Å². The summed E-state index contributed by atoms with van der Waals surface area (Å²) in [5.74, 6) is 1.43. The number of nitrogens with zero attached hydrogens (tertiary/aromatic N) is 1. The Morgan fingerprint density at radius 1 is 0.778 bits per heavy atom. The molecule has 6 rings (SSSR count). The van der Waals surface area contributed by atoms with Crippen LogP contribution in [-0.4, -0.2) is 30.0 Å². The number of para-hydroxylation sites is 1. The number of hydrogen-bond donors (Lipinski definition) is 2. The minimum Gasteiger partial charge on any atom is -0.493 e. The van der Waals surface area contributed by atoms with Gasteiger partial charge in [0.15, 0.2) is 8.32 Å². The van der Waals surface area contributed by atoms with Gasteiger partial charge in [-0.3, -0.25) is 0 Å². The molecule has 1 aliphatic rings. The number of H-pyrrole nitrogens is 1. The zero-order chi connectivity index (χ0) is 31.9. The molecule has 0 amide bonds. The highest BCUT2D eigenvalue weighted by molar-refractivity contribution is 6.74. The number of rotatable bonds is 8. The maximum Gasteiger partial charge on any atom is 0.192 e. The van der Waals surface area contributed by atoms with E-state index in [1.165, 1.54) is 0 Å². The summed E-state index contributed by atoms with van der Waals surface area (Å²) in [4.78, 5) is 8.66. The van der Waals surface area contributed by atoms with Crippen molar-refractivity contribution in [2.75, 3.05) is 6.61 Å². The van der Waals surface area contributed by atoms with Gasteiger partial charge in [0.05, 0.1) is 24.6 Å². The van der Waals surface area contributed by atoms with E-state index in [1.807, 2.05) is 37.3 Å². The molecular weight excluding hydrogens is 573 g/mol. The zero-order valence-corrected chi connectivity index (χ0v) is 28.2. The van der Waals surface area contributed by atoms with Crippen LogP contribution in [0.2, 0.25) is 18.1 Å². The van der Waals surface area contributed by atoms with Gasteiger partial charge in [-0.25, -0.2) is 4.98 Å². The number of hydrogen-bond acceptors (Lipinski definition) is 4. The quantitative estimate of drug-likeness (QED) is 0.135.